The molecule has 2 aromatic carbocycles. The predicted octanol–water partition coefficient (Wildman–Crippen LogP) is 4.72. The van der Waals surface area contributed by atoms with Gasteiger partial charge >= 0.3 is 12.2 Å². The standard InChI is InChI=1S/C22H16F3N7O2S/c1-11-16(18(33)30-21-32-26-10-35-21)17(12-6-2-3-7-13(12)22(23,24)25)29-19(27-11)31-20-28-14-8-4-5-9-15(14)34-20/h2-10,17H,1H3,(H,30,32,33)(H2,27,28,29,31). The number of allylic oxidation sites excluding steroid dienone is 1. The Morgan fingerprint density at radius 2 is 1.91 bits per heavy atom. The Bertz CT molecular complexity index is 1430. The first-order chi connectivity index (χ1) is 16.8. The summed E-state index contributed by atoms with van der Waals surface area (Å²) >= 11 is 1.08. The summed E-state index contributed by atoms with van der Waals surface area (Å²) in [4.78, 5) is 21.9. The zero-order valence-corrected chi connectivity index (χ0v) is 18.7. The molecule has 1 unspecified atom stereocenters. The number of hydrogen-bond donors (Lipinski definition) is 3. The molecule has 178 valence electrons. The van der Waals surface area contributed by atoms with Crippen molar-refractivity contribution in [1.29, 1.82) is 0 Å². The van der Waals surface area contributed by atoms with Crippen molar-refractivity contribution in [3.63, 3.8) is 0 Å². The summed E-state index contributed by atoms with van der Waals surface area (Å²) in [7, 11) is 0. The number of rotatable bonds is 4. The van der Waals surface area contributed by atoms with E-state index in [1.807, 2.05) is 0 Å². The van der Waals surface area contributed by atoms with Crippen molar-refractivity contribution in [2.24, 2.45) is 4.99 Å². The number of amides is 1. The number of carbonyl (C=O) groups excluding carboxylic acids is 1. The van der Waals surface area contributed by atoms with Crippen LogP contribution in [0.25, 0.3) is 11.1 Å². The molecule has 0 spiro atoms. The minimum Gasteiger partial charge on any atom is -0.423 e. The molecule has 35 heavy (non-hydrogen) atoms. The monoisotopic (exact) mass is 499 g/mol. The molecular weight excluding hydrogens is 483 g/mol. The highest BCUT2D eigenvalue weighted by molar-refractivity contribution is 7.13. The van der Waals surface area contributed by atoms with Crippen LogP contribution in [0.5, 0.6) is 0 Å². The van der Waals surface area contributed by atoms with E-state index in [0.717, 1.165) is 17.4 Å². The van der Waals surface area contributed by atoms with Crippen LogP contribution in [-0.4, -0.2) is 27.0 Å². The lowest BCUT2D eigenvalue weighted by atomic mass is 9.92. The number of guanidine groups is 1. The molecule has 0 fully saturated rings. The molecule has 1 amide bonds. The molecule has 4 aromatic rings. The van der Waals surface area contributed by atoms with Gasteiger partial charge in [-0.2, -0.15) is 18.2 Å². The third kappa shape index (κ3) is 4.57. The maximum atomic E-state index is 13.9. The molecular formula is C22H16F3N7O2S. The fraction of sp³-hybridized carbons (Fsp3) is 0.136. The number of nitrogens with zero attached hydrogens (tertiary/aromatic N) is 4. The number of fused-ring (bicyclic) bond motifs is 1. The van der Waals surface area contributed by atoms with E-state index < -0.39 is 23.7 Å². The van der Waals surface area contributed by atoms with E-state index >= 15 is 0 Å². The lowest BCUT2D eigenvalue weighted by Crippen LogP contribution is -2.37. The molecule has 3 heterocycles. The molecule has 13 heteroatoms. The average molecular weight is 499 g/mol. The Morgan fingerprint density at radius 3 is 2.66 bits per heavy atom. The maximum Gasteiger partial charge on any atom is 0.416 e. The number of halogens is 3. The van der Waals surface area contributed by atoms with Crippen molar-refractivity contribution in [2.45, 2.75) is 19.1 Å². The molecule has 0 saturated heterocycles. The van der Waals surface area contributed by atoms with Crippen molar-refractivity contribution in [3.05, 3.63) is 76.4 Å². The number of aromatic nitrogens is 3. The highest BCUT2D eigenvalue weighted by Gasteiger charge is 2.39. The lowest BCUT2D eigenvalue weighted by Gasteiger charge is -2.27. The van der Waals surface area contributed by atoms with Gasteiger partial charge in [-0.25, -0.2) is 4.99 Å². The van der Waals surface area contributed by atoms with Gasteiger partial charge in [0.25, 0.3) is 5.91 Å². The highest BCUT2D eigenvalue weighted by atomic mass is 32.1. The number of alkyl halides is 3. The van der Waals surface area contributed by atoms with Gasteiger partial charge in [0.1, 0.15) is 17.1 Å². The predicted molar refractivity (Wildman–Crippen MR) is 124 cm³/mol. The fourth-order valence-corrected chi connectivity index (χ4v) is 4.11. The van der Waals surface area contributed by atoms with E-state index in [4.69, 9.17) is 4.42 Å². The summed E-state index contributed by atoms with van der Waals surface area (Å²) < 4.78 is 47.2. The van der Waals surface area contributed by atoms with Gasteiger partial charge in [-0.05, 0) is 30.7 Å². The second kappa shape index (κ2) is 8.83. The number of oxazole rings is 1. The van der Waals surface area contributed by atoms with E-state index in [1.54, 1.807) is 31.2 Å². The summed E-state index contributed by atoms with van der Waals surface area (Å²) in [5, 5.41) is 16.0. The van der Waals surface area contributed by atoms with Crippen LogP contribution in [0, 0.1) is 0 Å². The minimum absolute atomic E-state index is 0.0000141. The zero-order chi connectivity index (χ0) is 24.6. The van der Waals surface area contributed by atoms with Crippen LogP contribution >= 0.6 is 11.3 Å². The second-order valence-electron chi connectivity index (χ2n) is 7.44. The van der Waals surface area contributed by atoms with Crippen LogP contribution in [0.3, 0.4) is 0 Å². The molecule has 2 aromatic heterocycles. The average Bonchev–Trinajstić information content (AvgIpc) is 3.47. The zero-order valence-electron chi connectivity index (χ0n) is 17.9. The van der Waals surface area contributed by atoms with Gasteiger partial charge in [0, 0.05) is 5.70 Å². The third-order valence-corrected chi connectivity index (χ3v) is 5.75. The first kappa shape index (κ1) is 22.5. The highest BCUT2D eigenvalue weighted by Crippen LogP contribution is 2.40. The summed E-state index contributed by atoms with van der Waals surface area (Å²) in [5.41, 5.74) is 1.76. The van der Waals surface area contributed by atoms with Gasteiger partial charge in [0.05, 0.1) is 11.1 Å². The smallest absolute Gasteiger partial charge is 0.416 e. The third-order valence-electron chi connectivity index (χ3n) is 5.15. The quantitative estimate of drug-likeness (QED) is 0.372. The first-order valence-electron chi connectivity index (χ1n) is 10.2. The van der Waals surface area contributed by atoms with Gasteiger partial charge in [0.2, 0.25) is 11.1 Å². The Morgan fingerprint density at radius 1 is 1.14 bits per heavy atom. The number of carbonyl (C=O) groups is 1. The number of nitrogens with one attached hydrogen (secondary N) is 3. The van der Waals surface area contributed by atoms with E-state index in [1.165, 1.54) is 23.7 Å². The van der Waals surface area contributed by atoms with Crippen molar-refractivity contribution in [3.8, 4) is 0 Å². The number of hydrogen-bond acceptors (Lipinski definition) is 9. The van der Waals surface area contributed by atoms with Crippen LogP contribution < -0.4 is 16.0 Å². The Kier molecular flexibility index (Phi) is 5.68. The minimum atomic E-state index is -4.65. The Hall–Kier alpha value is -4.26. The largest absolute Gasteiger partial charge is 0.423 e. The van der Waals surface area contributed by atoms with Crippen LogP contribution in [0.15, 0.2) is 74.7 Å². The summed E-state index contributed by atoms with van der Waals surface area (Å²) in [6.07, 6.45) is -4.65. The molecule has 1 aliphatic rings. The van der Waals surface area contributed by atoms with Crippen molar-refractivity contribution >= 4 is 45.4 Å². The van der Waals surface area contributed by atoms with E-state index in [2.05, 4.69) is 36.1 Å². The van der Waals surface area contributed by atoms with Crippen molar-refractivity contribution < 1.29 is 22.4 Å². The van der Waals surface area contributed by atoms with Crippen LogP contribution in [0.1, 0.15) is 24.1 Å². The fourth-order valence-electron chi connectivity index (χ4n) is 3.67. The molecule has 1 atom stereocenters. The molecule has 0 saturated carbocycles. The number of benzene rings is 2. The number of anilines is 2. The van der Waals surface area contributed by atoms with Gasteiger partial charge in [-0.15, -0.1) is 10.2 Å². The summed E-state index contributed by atoms with van der Waals surface area (Å²) in [6, 6.07) is 10.9. The first-order valence-corrected chi connectivity index (χ1v) is 11.1. The summed E-state index contributed by atoms with van der Waals surface area (Å²) in [6.45, 7) is 1.57. The van der Waals surface area contributed by atoms with E-state index in [9.17, 15) is 18.0 Å². The van der Waals surface area contributed by atoms with Crippen molar-refractivity contribution in [2.75, 3.05) is 10.6 Å². The van der Waals surface area contributed by atoms with E-state index in [-0.39, 0.29) is 28.2 Å². The lowest BCUT2D eigenvalue weighted by molar-refractivity contribution is -0.138. The maximum absolute atomic E-state index is 13.9. The molecule has 1 aliphatic heterocycles. The van der Waals surface area contributed by atoms with Gasteiger partial charge in [0.15, 0.2) is 5.58 Å². The van der Waals surface area contributed by atoms with Crippen LogP contribution in [0.4, 0.5) is 24.3 Å². The number of para-hydroxylation sites is 2. The van der Waals surface area contributed by atoms with Gasteiger partial charge < -0.3 is 9.73 Å². The van der Waals surface area contributed by atoms with E-state index in [0.29, 0.717) is 16.8 Å². The topological polar surface area (TPSA) is 117 Å². The normalized spacial score (nSPS) is 16.1. The second-order valence-corrected chi connectivity index (χ2v) is 8.27. The molecule has 3 N–H and O–H groups in total. The van der Waals surface area contributed by atoms with Crippen LogP contribution in [0.2, 0.25) is 0 Å². The van der Waals surface area contributed by atoms with Crippen molar-refractivity contribution in [1.82, 2.24) is 20.5 Å². The Labute approximate surface area is 199 Å². The molecule has 0 aliphatic carbocycles. The molecule has 9 nitrogen and oxygen atoms in total. The molecule has 0 radical (unpaired) electrons. The van der Waals surface area contributed by atoms with Crippen LogP contribution in [-0.2, 0) is 11.0 Å². The van der Waals surface area contributed by atoms with Gasteiger partial charge in [-0.3, -0.25) is 15.4 Å². The van der Waals surface area contributed by atoms with Gasteiger partial charge in [-0.1, -0.05) is 41.7 Å². The SMILES string of the molecule is CC1=C(C(=O)Nc2nncs2)C(c2ccccc2C(F)(F)F)N=C(Nc2nc3ccccc3o2)N1. The Balaban J connectivity index is 1.56. The molecule has 5 rings (SSSR count). The molecule has 0 bridgehead atoms. The number of aliphatic imine (C=N–C) groups is 1. The summed E-state index contributed by atoms with van der Waals surface area (Å²) in [5.74, 6) is -0.582.